The zero-order chi connectivity index (χ0) is 17.1. The Balaban J connectivity index is 1.82. The number of thioether (sulfide) groups is 1. The van der Waals surface area contributed by atoms with Crippen molar-refractivity contribution in [2.75, 3.05) is 7.11 Å². The Morgan fingerprint density at radius 2 is 2.00 bits per heavy atom. The smallest absolute Gasteiger partial charge is 0.314 e. The first-order chi connectivity index (χ1) is 11.6. The quantitative estimate of drug-likeness (QED) is 0.512. The minimum atomic E-state index is -0.426. The second kappa shape index (κ2) is 7.09. The van der Waals surface area contributed by atoms with E-state index in [9.17, 15) is 14.4 Å². The Hall–Kier alpha value is -2.28. The number of methoxy groups -OCH3 is 1. The van der Waals surface area contributed by atoms with Gasteiger partial charge in [-0.25, -0.2) is 0 Å². The van der Waals surface area contributed by atoms with Gasteiger partial charge in [-0.05, 0) is 48.4 Å². The van der Waals surface area contributed by atoms with Gasteiger partial charge >= 0.3 is 5.97 Å². The number of carbonyl (C=O) groups is 3. The van der Waals surface area contributed by atoms with E-state index in [1.807, 2.05) is 0 Å². The maximum absolute atomic E-state index is 12.2. The SMILES string of the molecule is COc1ccc(/C=C2\SC(=O)NC2=O)cc1OC(=O)C1CCCC1. The molecule has 0 atom stereocenters. The van der Waals surface area contributed by atoms with Crippen molar-refractivity contribution in [1.82, 2.24) is 5.32 Å². The number of hydrogen-bond acceptors (Lipinski definition) is 6. The number of benzene rings is 1. The van der Waals surface area contributed by atoms with Crippen LogP contribution in [0.25, 0.3) is 6.08 Å². The molecular formula is C17H17NO5S. The second-order valence-electron chi connectivity index (χ2n) is 5.67. The predicted octanol–water partition coefficient (Wildman–Crippen LogP) is 3.11. The fraction of sp³-hybridized carbons (Fsp3) is 0.353. The molecule has 1 N–H and O–H groups in total. The monoisotopic (exact) mass is 347 g/mol. The molecular weight excluding hydrogens is 330 g/mol. The lowest BCUT2D eigenvalue weighted by Gasteiger charge is -2.13. The average Bonchev–Trinajstić information content (AvgIpc) is 3.18. The molecule has 0 radical (unpaired) electrons. The molecule has 126 valence electrons. The van der Waals surface area contributed by atoms with E-state index in [-0.39, 0.29) is 11.9 Å². The summed E-state index contributed by atoms with van der Waals surface area (Å²) in [5.74, 6) is 0.0242. The van der Waals surface area contributed by atoms with Crippen molar-refractivity contribution in [2.24, 2.45) is 5.92 Å². The zero-order valence-corrected chi connectivity index (χ0v) is 14.0. The van der Waals surface area contributed by atoms with Crippen molar-refractivity contribution in [3.8, 4) is 11.5 Å². The summed E-state index contributed by atoms with van der Waals surface area (Å²) >= 11 is 0.841. The van der Waals surface area contributed by atoms with Crippen LogP contribution in [0.2, 0.25) is 0 Å². The van der Waals surface area contributed by atoms with Gasteiger partial charge in [0.05, 0.1) is 17.9 Å². The van der Waals surface area contributed by atoms with Crippen LogP contribution in [0, 0.1) is 5.92 Å². The van der Waals surface area contributed by atoms with Crippen LogP contribution in [-0.2, 0) is 9.59 Å². The van der Waals surface area contributed by atoms with Crippen molar-refractivity contribution >= 4 is 35.0 Å². The van der Waals surface area contributed by atoms with E-state index in [0.29, 0.717) is 22.0 Å². The fourth-order valence-corrected chi connectivity index (χ4v) is 3.47. The molecule has 24 heavy (non-hydrogen) atoms. The molecule has 0 bridgehead atoms. The van der Waals surface area contributed by atoms with Crippen molar-refractivity contribution in [3.05, 3.63) is 28.7 Å². The molecule has 1 aromatic carbocycles. The Bertz CT molecular complexity index is 722. The van der Waals surface area contributed by atoms with Crippen LogP contribution in [0.4, 0.5) is 4.79 Å². The maximum atomic E-state index is 12.2. The molecule has 2 fully saturated rings. The van der Waals surface area contributed by atoms with Crippen molar-refractivity contribution < 1.29 is 23.9 Å². The summed E-state index contributed by atoms with van der Waals surface area (Å²) in [6.45, 7) is 0. The van der Waals surface area contributed by atoms with Gasteiger partial charge in [-0.1, -0.05) is 18.9 Å². The fourth-order valence-electron chi connectivity index (χ4n) is 2.79. The third-order valence-corrected chi connectivity index (χ3v) is 4.84. The molecule has 3 rings (SSSR count). The van der Waals surface area contributed by atoms with Crippen LogP contribution >= 0.6 is 11.8 Å². The standard InChI is InChI=1S/C17H17NO5S/c1-22-12-7-6-10(9-14-15(19)18-17(21)24-14)8-13(12)23-16(20)11-4-2-3-5-11/h6-9,11H,2-5H2,1H3,(H,18,19,21)/b14-9-. The number of imide groups is 1. The predicted molar refractivity (Wildman–Crippen MR) is 89.7 cm³/mol. The van der Waals surface area contributed by atoms with Gasteiger partial charge in [0.15, 0.2) is 11.5 Å². The minimum Gasteiger partial charge on any atom is -0.493 e. The van der Waals surface area contributed by atoms with Gasteiger partial charge in [-0.2, -0.15) is 0 Å². The number of amides is 2. The van der Waals surface area contributed by atoms with Gasteiger partial charge in [-0.3, -0.25) is 19.7 Å². The van der Waals surface area contributed by atoms with Crippen LogP contribution in [-0.4, -0.2) is 24.2 Å². The highest BCUT2D eigenvalue weighted by atomic mass is 32.2. The molecule has 1 aliphatic carbocycles. The summed E-state index contributed by atoms with van der Waals surface area (Å²) in [7, 11) is 1.50. The average molecular weight is 347 g/mol. The molecule has 1 aromatic rings. The normalized spacial score (nSPS) is 19.6. The highest BCUT2D eigenvalue weighted by Crippen LogP contribution is 2.33. The zero-order valence-electron chi connectivity index (χ0n) is 13.2. The summed E-state index contributed by atoms with van der Waals surface area (Å²) in [5.41, 5.74) is 0.650. The largest absolute Gasteiger partial charge is 0.493 e. The highest BCUT2D eigenvalue weighted by molar-refractivity contribution is 8.18. The third-order valence-electron chi connectivity index (χ3n) is 4.03. The van der Waals surface area contributed by atoms with Gasteiger partial charge in [0.25, 0.3) is 11.1 Å². The van der Waals surface area contributed by atoms with Crippen LogP contribution in [0.15, 0.2) is 23.1 Å². The van der Waals surface area contributed by atoms with Gasteiger partial charge in [0.1, 0.15) is 0 Å². The van der Waals surface area contributed by atoms with E-state index in [2.05, 4.69) is 5.32 Å². The Morgan fingerprint density at radius 1 is 1.25 bits per heavy atom. The summed E-state index contributed by atoms with van der Waals surface area (Å²) in [5, 5.41) is 1.80. The third kappa shape index (κ3) is 3.62. The van der Waals surface area contributed by atoms with E-state index < -0.39 is 11.1 Å². The summed E-state index contributed by atoms with van der Waals surface area (Å²) < 4.78 is 10.7. The molecule has 7 heteroatoms. The lowest BCUT2D eigenvalue weighted by Crippen LogP contribution is -2.18. The number of carbonyl (C=O) groups excluding carboxylic acids is 3. The van der Waals surface area contributed by atoms with Gasteiger partial charge in [0.2, 0.25) is 0 Å². The Kier molecular flexibility index (Phi) is 4.89. The Morgan fingerprint density at radius 3 is 2.62 bits per heavy atom. The Labute approximate surface area is 143 Å². The van der Waals surface area contributed by atoms with Crippen molar-refractivity contribution in [3.63, 3.8) is 0 Å². The lowest BCUT2D eigenvalue weighted by atomic mass is 10.1. The van der Waals surface area contributed by atoms with Crippen LogP contribution < -0.4 is 14.8 Å². The van der Waals surface area contributed by atoms with E-state index >= 15 is 0 Å². The van der Waals surface area contributed by atoms with E-state index in [4.69, 9.17) is 9.47 Å². The van der Waals surface area contributed by atoms with E-state index in [1.54, 1.807) is 24.3 Å². The summed E-state index contributed by atoms with van der Waals surface area (Å²) in [6, 6.07) is 5.04. The topological polar surface area (TPSA) is 81.7 Å². The first-order valence-corrected chi connectivity index (χ1v) is 8.53. The first-order valence-electron chi connectivity index (χ1n) is 7.71. The molecule has 0 spiro atoms. The van der Waals surface area contributed by atoms with E-state index in [0.717, 1.165) is 37.4 Å². The molecule has 0 unspecified atom stereocenters. The van der Waals surface area contributed by atoms with Crippen LogP contribution in [0.5, 0.6) is 11.5 Å². The summed E-state index contributed by atoms with van der Waals surface area (Å²) in [4.78, 5) is 35.4. The molecule has 0 aromatic heterocycles. The molecule has 2 amide bonds. The number of rotatable bonds is 4. The molecule has 6 nitrogen and oxygen atoms in total. The number of ether oxygens (including phenoxy) is 2. The second-order valence-corrected chi connectivity index (χ2v) is 6.68. The van der Waals surface area contributed by atoms with Crippen molar-refractivity contribution in [2.45, 2.75) is 25.7 Å². The lowest BCUT2D eigenvalue weighted by molar-refractivity contribution is -0.138. The molecule has 1 aliphatic heterocycles. The first kappa shape index (κ1) is 16.6. The number of hydrogen-bond donors (Lipinski definition) is 1. The number of nitrogens with one attached hydrogen (secondary N) is 1. The minimum absolute atomic E-state index is 0.0643. The molecule has 1 saturated heterocycles. The van der Waals surface area contributed by atoms with Gasteiger partial charge in [-0.15, -0.1) is 0 Å². The van der Waals surface area contributed by atoms with E-state index in [1.165, 1.54) is 7.11 Å². The van der Waals surface area contributed by atoms with Gasteiger partial charge in [0, 0.05) is 0 Å². The molecule has 1 saturated carbocycles. The van der Waals surface area contributed by atoms with Crippen LogP contribution in [0.1, 0.15) is 31.2 Å². The summed E-state index contributed by atoms with van der Waals surface area (Å²) in [6.07, 6.45) is 5.37. The van der Waals surface area contributed by atoms with Gasteiger partial charge < -0.3 is 9.47 Å². The highest BCUT2D eigenvalue weighted by Gasteiger charge is 2.27. The molecule has 1 heterocycles. The van der Waals surface area contributed by atoms with Crippen molar-refractivity contribution in [1.29, 1.82) is 0 Å². The maximum Gasteiger partial charge on any atom is 0.314 e. The number of esters is 1. The molecule has 2 aliphatic rings. The van der Waals surface area contributed by atoms with Crippen LogP contribution in [0.3, 0.4) is 0 Å².